The lowest BCUT2D eigenvalue weighted by Crippen LogP contribution is -2.58. The molecule has 66 heavy (non-hydrogen) atoms. The van der Waals surface area contributed by atoms with Gasteiger partial charge in [0.25, 0.3) is 0 Å². The van der Waals surface area contributed by atoms with Crippen LogP contribution in [0.5, 0.6) is 0 Å². The van der Waals surface area contributed by atoms with Crippen molar-refractivity contribution < 1.29 is 0 Å². The Morgan fingerprint density at radius 3 is 0.939 bits per heavy atom. The molecule has 2 aliphatic heterocycles. The van der Waals surface area contributed by atoms with Crippen LogP contribution in [-0.4, -0.2) is 45.0 Å². The fourth-order valence-electron chi connectivity index (χ4n) is 9.37. The normalized spacial score (nSPS) is 14.8. The number of fused-ring (bicyclic) bond motifs is 3. The van der Waals surface area contributed by atoms with E-state index in [1.54, 1.807) is 22.7 Å². The number of amidine groups is 2. The van der Waals surface area contributed by atoms with E-state index in [0.29, 0.717) is 10.3 Å². The predicted molar refractivity (Wildman–Crippen MR) is 280 cm³/mol. The summed E-state index contributed by atoms with van der Waals surface area (Å²) in [5, 5.41) is 1.35. The van der Waals surface area contributed by atoms with Crippen molar-refractivity contribution in [2.45, 2.75) is 0 Å². The van der Waals surface area contributed by atoms with Gasteiger partial charge in [-0.15, -0.1) is 0 Å². The highest BCUT2D eigenvalue weighted by atomic mass is 32.1. The lowest BCUT2D eigenvalue weighted by Gasteiger charge is -2.35. The number of thiazole rings is 2. The molecule has 0 atom stereocenters. The molecule has 12 rings (SSSR count). The molecule has 2 aromatic heterocycles. The third kappa shape index (κ3) is 7.17. The second-order valence-electron chi connectivity index (χ2n) is 16.2. The van der Waals surface area contributed by atoms with Gasteiger partial charge in [-0.25, -0.2) is 20.0 Å². The van der Waals surface area contributed by atoms with Gasteiger partial charge in [0.1, 0.15) is 11.7 Å². The van der Waals surface area contributed by atoms with Crippen molar-refractivity contribution in [3.8, 4) is 0 Å². The van der Waals surface area contributed by atoms with E-state index in [-0.39, 0.29) is 13.7 Å². The van der Waals surface area contributed by atoms with Crippen LogP contribution in [0.1, 0.15) is 11.1 Å². The molecule has 8 aromatic carbocycles. The minimum Gasteiger partial charge on any atom is -0.360 e. The molecule has 0 saturated carbocycles. The first kappa shape index (κ1) is 39.7. The number of hydrogen-bond donors (Lipinski definition) is 0. The molecule has 0 spiro atoms. The fourth-order valence-corrected chi connectivity index (χ4v) is 11.0. The summed E-state index contributed by atoms with van der Waals surface area (Å²) in [6.45, 7) is -0.593. The van der Waals surface area contributed by atoms with E-state index < -0.39 is 0 Å². The Kier molecular flexibility index (Phi) is 10.4. The first-order valence-corrected chi connectivity index (χ1v) is 23.7. The summed E-state index contributed by atoms with van der Waals surface area (Å²) in [5.74, 6) is 1.58. The van der Waals surface area contributed by atoms with Crippen LogP contribution in [0.2, 0.25) is 0 Å². The van der Waals surface area contributed by atoms with Crippen LogP contribution in [0.15, 0.2) is 252 Å². The first-order chi connectivity index (χ1) is 32.8. The third-order valence-electron chi connectivity index (χ3n) is 12.1. The number of hydrogen-bond acceptors (Lipinski definition) is 6. The highest BCUT2D eigenvalue weighted by molar-refractivity contribution is 7.22. The second kappa shape index (κ2) is 17.2. The smallest absolute Gasteiger partial charge is 0.329 e. The predicted octanol–water partition coefficient (Wildman–Crippen LogP) is 10.7. The molecule has 0 unspecified atom stereocenters. The van der Waals surface area contributed by atoms with Crippen molar-refractivity contribution in [1.82, 2.24) is 19.6 Å². The van der Waals surface area contributed by atoms with Crippen molar-refractivity contribution >= 4 is 112 Å². The Bertz CT molecular complexity index is 3110. The molecule has 0 aliphatic carbocycles. The van der Waals surface area contributed by atoms with Crippen LogP contribution in [0.4, 0.5) is 10.3 Å². The molecule has 10 heteroatoms. The largest absolute Gasteiger partial charge is 0.360 e. The maximum atomic E-state index is 5.81. The summed E-state index contributed by atoms with van der Waals surface area (Å²) < 4.78 is 2.16. The molecule has 0 fully saturated rings. The maximum absolute atomic E-state index is 5.81. The Labute approximate surface area is 392 Å². The third-order valence-corrected chi connectivity index (χ3v) is 14.0. The Balaban J connectivity index is 1.26. The summed E-state index contributed by atoms with van der Waals surface area (Å²) in [7, 11) is 0. The molecule has 0 bridgehead atoms. The standard InChI is InChI=1S/C56H38B2N6S2/c1-7-23-39(24-8-1)51-49-50(54(62-56-60-46-36-20-22-38-48(46)66-56)63(51)57(41-27-11-3-12-28-41)42-29-13-4-14-30-42)52(40-25-9-2-10-26-40)64(53(49)61-55-59-45-35-19-21-37-47(45)65-55)58(43-31-15-5-16-32-43)44-33-17-6-18-34-44/h1-38H. The van der Waals surface area contributed by atoms with Crippen molar-refractivity contribution in [3.63, 3.8) is 0 Å². The van der Waals surface area contributed by atoms with Gasteiger partial charge in [0.2, 0.25) is 10.3 Å². The molecule has 10 aromatic rings. The van der Waals surface area contributed by atoms with Crippen molar-refractivity contribution in [3.05, 3.63) is 253 Å². The van der Waals surface area contributed by atoms with Gasteiger partial charge >= 0.3 is 13.7 Å². The second-order valence-corrected chi connectivity index (χ2v) is 18.2. The fraction of sp³-hybridized carbons (Fsp3) is 0. The molecule has 4 heterocycles. The molecule has 0 amide bonds. The van der Waals surface area contributed by atoms with Gasteiger partial charge in [-0.1, -0.05) is 251 Å². The summed E-state index contributed by atoms with van der Waals surface area (Å²) in [4.78, 5) is 26.9. The summed E-state index contributed by atoms with van der Waals surface area (Å²) in [6, 6.07) is 81.3. The van der Waals surface area contributed by atoms with Gasteiger partial charge in [0.05, 0.1) is 31.6 Å². The lowest BCUT2D eigenvalue weighted by molar-refractivity contribution is 0.894. The molecule has 310 valence electrons. The minimum absolute atomic E-state index is 0.297. The van der Waals surface area contributed by atoms with E-state index >= 15 is 0 Å². The first-order valence-electron chi connectivity index (χ1n) is 22.0. The van der Waals surface area contributed by atoms with E-state index in [1.807, 2.05) is 12.1 Å². The number of para-hydroxylation sites is 2. The van der Waals surface area contributed by atoms with Gasteiger partial charge in [-0.05, 0) is 35.4 Å². The van der Waals surface area contributed by atoms with Gasteiger partial charge in [-0.3, -0.25) is 0 Å². The van der Waals surface area contributed by atoms with E-state index in [4.69, 9.17) is 20.0 Å². The molecular formula is C56H38B2N6S2. The van der Waals surface area contributed by atoms with Crippen LogP contribution in [0.25, 0.3) is 31.8 Å². The van der Waals surface area contributed by atoms with Crippen LogP contribution in [0.3, 0.4) is 0 Å². The van der Waals surface area contributed by atoms with Crippen molar-refractivity contribution in [2.75, 3.05) is 0 Å². The van der Waals surface area contributed by atoms with Crippen LogP contribution < -0.4 is 21.9 Å². The summed E-state index contributed by atoms with van der Waals surface area (Å²) in [5.41, 5.74) is 12.4. The maximum Gasteiger partial charge on any atom is 0.329 e. The van der Waals surface area contributed by atoms with Gasteiger partial charge in [0, 0.05) is 11.4 Å². The number of aromatic nitrogens is 2. The number of rotatable bonds is 10. The molecule has 2 aliphatic rings. The van der Waals surface area contributed by atoms with Crippen LogP contribution >= 0.6 is 22.7 Å². The lowest BCUT2D eigenvalue weighted by atomic mass is 9.48. The number of aliphatic imine (C=N–C) groups is 2. The molecule has 0 N–H and O–H groups in total. The number of benzene rings is 8. The van der Waals surface area contributed by atoms with Crippen molar-refractivity contribution in [1.29, 1.82) is 0 Å². The van der Waals surface area contributed by atoms with Gasteiger partial charge in [-0.2, -0.15) is 0 Å². The number of nitrogens with zero attached hydrogens (tertiary/aromatic N) is 6. The molecule has 0 saturated heterocycles. The monoisotopic (exact) mass is 880 g/mol. The van der Waals surface area contributed by atoms with Crippen molar-refractivity contribution in [2.24, 2.45) is 9.98 Å². The Morgan fingerprint density at radius 2 is 0.621 bits per heavy atom. The minimum atomic E-state index is -0.297. The molecular weight excluding hydrogens is 842 g/mol. The summed E-state index contributed by atoms with van der Waals surface area (Å²) in [6.07, 6.45) is 0. The quantitative estimate of drug-likeness (QED) is 0.128. The Morgan fingerprint density at radius 1 is 0.333 bits per heavy atom. The van der Waals surface area contributed by atoms with Crippen LogP contribution in [0, 0.1) is 0 Å². The Hall–Kier alpha value is -7.91. The zero-order valence-corrected chi connectivity index (χ0v) is 37.2. The van der Waals surface area contributed by atoms with E-state index in [2.05, 4.69) is 228 Å². The SMILES string of the molecule is c1ccc(B(c2ccccc2)N2C(=Nc3nc4ccccc4s3)C3=C(c4ccccc4)N(B(c4ccccc4)c4ccccc4)C(=Nc4nc5ccccc5s4)C3=C2c2ccccc2)cc1. The average Bonchev–Trinajstić information content (AvgIpc) is 4.15. The average molecular weight is 881 g/mol. The van der Waals surface area contributed by atoms with E-state index in [0.717, 1.165) is 87.6 Å². The zero-order valence-electron chi connectivity index (χ0n) is 35.6. The summed E-state index contributed by atoms with van der Waals surface area (Å²) >= 11 is 3.21. The van der Waals surface area contributed by atoms with Gasteiger partial charge < -0.3 is 9.62 Å². The highest BCUT2D eigenvalue weighted by Crippen LogP contribution is 2.50. The van der Waals surface area contributed by atoms with Crippen LogP contribution in [-0.2, 0) is 0 Å². The van der Waals surface area contributed by atoms with E-state index in [1.165, 1.54) is 0 Å². The zero-order chi connectivity index (χ0) is 43.8. The highest BCUT2D eigenvalue weighted by Gasteiger charge is 2.52. The van der Waals surface area contributed by atoms with Gasteiger partial charge in [0.15, 0.2) is 0 Å². The molecule has 6 nitrogen and oxygen atoms in total. The topological polar surface area (TPSA) is 57.0 Å². The molecule has 0 radical (unpaired) electrons. The van der Waals surface area contributed by atoms with E-state index in [9.17, 15) is 0 Å².